The van der Waals surface area contributed by atoms with E-state index < -0.39 is 0 Å². The Bertz CT molecular complexity index is 419. The molecular formula is C14H18ClN. The highest BCUT2D eigenvalue weighted by Crippen LogP contribution is 2.19. The van der Waals surface area contributed by atoms with Gasteiger partial charge in [0, 0.05) is 17.8 Å². The van der Waals surface area contributed by atoms with E-state index in [2.05, 4.69) is 17.6 Å². The van der Waals surface area contributed by atoms with E-state index in [0.717, 1.165) is 34.7 Å². The summed E-state index contributed by atoms with van der Waals surface area (Å²) in [7, 11) is 1.82. The number of hydrogen-bond acceptors (Lipinski definition) is 1. The fourth-order valence-electron chi connectivity index (χ4n) is 1.49. The number of rotatable bonds is 4. The average molecular weight is 236 g/mol. The van der Waals surface area contributed by atoms with E-state index in [0.29, 0.717) is 0 Å². The van der Waals surface area contributed by atoms with Crippen molar-refractivity contribution in [1.29, 1.82) is 0 Å². The summed E-state index contributed by atoms with van der Waals surface area (Å²) in [6.07, 6.45) is 1.89. The third-order valence-corrected chi connectivity index (χ3v) is 2.97. The average Bonchev–Trinajstić information content (AvgIpc) is 2.23. The number of aliphatic imine (C=N–C) groups is 1. The first-order valence-corrected chi connectivity index (χ1v) is 5.79. The Labute approximate surface area is 103 Å². The highest BCUT2D eigenvalue weighted by atomic mass is 35.5. The quantitative estimate of drug-likeness (QED) is 0.541. The molecule has 0 unspecified atom stereocenters. The van der Waals surface area contributed by atoms with E-state index in [1.165, 1.54) is 5.57 Å². The van der Waals surface area contributed by atoms with Crippen LogP contribution in [0.5, 0.6) is 0 Å². The lowest BCUT2D eigenvalue weighted by molar-refractivity contribution is 1.01. The second-order valence-corrected chi connectivity index (χ2v) is 4.50. The highest BCUT2D eigenvalue weighted by Gasteiger charge is 2.05. The van der Waals surface area contributed by atoms with Gasteiger partial charge in [0.2, 0.25) is 0 Å². The lowest BCUT2D eigenvalue weighted by Crippen LogP contribution is -2.01. The number of benzene rings is 1. The second-order valence-electron chi connectivity index (χ2n) is 4.09. The predicted molar refractivity (Wildman–Crippen MR) is 72.7 cm³/mol. The number of aryl methyl sites for hydroxylation is 1. The van der Waals surface area contributed by atoms with Gasteiger partial charge in [0.05, 0.1) is 0 Å². The number of halogens is 1. The summed E-state index contributed by atoms with van der Waals surface area (Å²) >= 11 is 6.11. The van der Waals surface area contributed by atoms with Crippen LogP contribution in [0.3, 0.4) is 0 Å². The Morgan fingerprint density at radius 2 is 2.06 bits per heavy atom. The van der Waals surface area contributed by atoms with Gasteiger partial charge in [0.15, 0.2) is 0 Å². The van der Waals surface area contributed by atoms with E-state index in [-0.39, 0.29) is 0 Å². The maximum atomic E-state index is 6.11. The molecule has 0 aliphatic carbocycles. The normalized spacial score (nSPS) is 11.6. The van der Waals surface area contributed by atoms with Crippen LogP contribution in [0.4, 0.5) is 0 Å². The summed E-state index contributed by atoms with van der Waals surface area (Å²) in [5.74, 6) is 0. The van der Waals surface area contributed by atoms with Crippen molar-refractivity contribution in [2.75, 3.05) is 7.05 Å². The van der Waals surface area contributed by atoms with Crippen LogP contribution in [0.15, 0.2) is 35.3 Å². The molecule has 0 aliphatic rings. The minimum absolute atomic E-state index is 0.800. The molecule has 1 aromatic rings. The molecule has 0 N–H and O–H groups in total. The van der Waals surface area contributed by atoms with Crippen LogP contribution >= 0.6 is 11.6 Å². The number of nitrogens with zero attached hydrogens (tertiary/aromatic N) is 1. The summed E-state index contributed by atoms with van der Waals surface area (Å²) in [6.45, 7) is 7.95. The van der Waals surface area contributed by atoms with Crippen LogP contribution in [0, 0.1) is 6.92 Å². The number of hydrogen-bond donors (Lipinski definition) is 0. The Hall–Kier alpha value is -1.08. The third-order valence-electron chi connectivity index (χ3n) is 2.56. The number of allylic oxidation sites excluding steroid dienone is 1. The molecule has 0 atom stereocenters. The Balaban J connectivity index is 2.88. The van der Waals surface area contributed by atoms with Gasteiger partial charge >= 0.3 is 0 Å². The minimum atomic E-state index is 0.800. The molecule has 0 aromatic heterocycles. The summed E-state index contributed by atoms with van der Waals surface area (Å²) in [5, 5.41) is 0.800. The summed E-state index contributed by atoms with van der Waals surface area (Å²) < 4.78 is 0. The molecule has 1 rings (SSSR count). The largest absolute Gasteiger partial charge is 0.292 e. The van der Waals surface area contributed by atoms with Crippen LogP contribution < -0.4 is 0 Å². The maximum Gasteiger partial charge on any atom is 0.0441 e. The first kappa shape index (κ1) is 13.0. The van der Waals surface area contributed by atoms with Gasteiger partial charge in [0.1, 0.15) is 0 Å². The SMILES string of the molecule is C=C(C)CCC(=NC)c1ccc(C)c(Cl)c1. The van der Waals surface area contributed by atoms with Crippen LogP contribution in [-0.4, -0.2) is 12.8 Å². The Kier molecular flexibility index (Phi) is 4.75. The van der Waals surface area contributed by atoms with Gasteiger partial charge in [-0.3, -0.25) is 4.99 Å². The summed E-state index contributed by atoms with van der Waals surface area (Å²) in [5.41, 5.74) is 4.48. The van der Waals surface area contributed by atoms with Crippen LogP contribution in [-0.2, 0) is 0 Å². The smallest absolute Gasteiger partial charge is 0.0441 e. The van der Waals surface area contributed by atoms with Gasteiger partial charge in [-0.25, -0.2) is 0 Å². The van der Waals surface area contributed by atoms with E-state index in [4.69, 9.17) is 11.6 Å². The van der Waals surface area contributed by atoms with Crippen molar-refractivity contribution in [1.82, 2.24) is 0 Å². The van der Waals surface area contributed by atoms with Crippen molar-refractivity contribution in [3.05, 3.63) is 46.5 Å². The van der Waals surface area contributed by atoms with E-state index in [9.17, 15) is 0 Å². The Morgan fingerprint density at radius 1 is 1.38 bits per heavy atom. The van der Waals surface area contributed by atoms with Crippen molar-refractivity contribution in [3.63, 3.8) is 0 Å². The lowest BCUT2D eigenvalue weighted by Gasteiger charge is -2.07. The van der Waals surface area contributed by atoms with Crippen LogP contribution in [0.25, 0.3) is 0 Å². The summed E-state index contributed by atoms with van der Waals surface area (Å²) in [6, 6.07) is 6.09. The molecule has 1 nitrogen and oxygen atoms in total. The molecule has 86 valence electrons. The van der Waals surface area contributed by atoms with Gasteiger partial charge in [-0.2, -0.15) is 0 Å². The van der Waals surface area contributed by atoms with Crippen LogP contribution in [0.2, 0.25) is 5.02 Å². The fourth-order valence-corrected chi connectivity index (χ4v) is 1.67. The monoisotopic (exact) mass is 235 g/mol. The van der Waals surface area contributed by atoms with E-state index in [1.54, 1.807) is 0 Å². The van der Waals surface area contributed by atoms with Crippen molar-refractivity contribution in [2.45, 2.75) is 26.7 Å². The van der Waals surface area contributed by atoms with Crippen molar-refractivity contribution in [3.8, 4) is 0 Å². The van der Waals surface area contributed by atoms with Gasteiger partial charge in [-0.05, 0) is 43.9 Å². The van der Waals surface area contributed by atoms with Crippen LogP contribution in [0.1, 0.15) is 30.9 Å². The lowest BCUT2D eigenvalue weighted by atomic mass is 10.0. The Morgan fingerprint density at radius 3 is 2.56 bits per heavy atom. The molecule has 1 aromatic carbocycles. The molecule has 0 radical (unpaired) electrons. The van der Waals surface area contributed by atoms with E-state index in [1.807, 2.05) is 33.0 Å². The fraction of sp³-hybridized carbons (Fsp3) is 0.357. The highest BCUT2D eigenvalue weighted by molar-refractivity contribution is 6.31. The zero-order valence-corrected chi connectivity index (χ0v) is 10.9. The molecule has 0 saturated carbocycles. The molecule has 0 bridgehead atoms. The standard InChI is InChI=1S/C14H18ClN/c1-10(2)5-8-14(16-4)12-7-6-11(3)13(15)9-12/h6-7,9H,1,5,8H2,2-4H3. The van der Waals surface area contributed by atoms with Gasteiger partial charge in [-0.1, -0.05) is 29.3 Å². The van der Waals surface area contributed by atoms with Crippen molar-refractivity contribution < 1.29 is 0 Å². The third kappa shape index (κ3) is 3.49. The first-order chi connectivity index (χ1) is 7.54. The van der Waals surface area contributed by atoms with Gasteiger partial charge in [0.25, 0.3) is 0 Å². The molecule has 2 heteroatoms. The topological polar surface area (TPSA) is 12.4 Å². The molecule has 0 saturated heterocycles. The second kappa shape index (κ2) is 5.86. The van der Waals surface area contributed by atoms with Gasteiger partial charge in [-0.15, -0.1) is 6.58 Å². The molecule has 0 heterocycles. The molecule has 0 spiro atoms. The van der Waals surface area contributed by atoms with Crippen molar-refractivity contribution in [2.24, 2.45) is 4.99 Å². The molecule has 0 fully saturated rings. The van der Waals surface area contributed by atoms with E-state index >= 15 is 0 Å². The van der Waals surface area contributed by atoms with Gasteiger partial charge < -0.3 is 0 Å². The zero-order valence-electron chi connectivity index (χ0n) is 10.2. The zero-order chi connectivity index (χ0) is 12.1. The maximum absolute atomic E-state index is 6.11. The molecule has 0 amide bonds. The van der Waals surface area contributed by atoms with Crippen molar-refractivity contribution >= 4 is 17.3 Å². The molecular weight excluding hydrogens is 218 g/mol. The molecule has 0 aliphatic heterocycles. The predicted octanol–water partition coefficient (Wildman–Crippen LogP) is 4.42. The summed E-state index contributed by atoms with van der Waals surface area (Å²) in [4.78, 5) is 4.32. The molecule has 16 heavy (non-hydrogen) atoms. The first-order valence-electron chi connectivity index (χ1n) is 5.41. The minimum Gasteiger partial charge on any atom is -0.292 e.